The third kappa shape index (κ3) is 3.30. The average Bonchev–Trinajstić information content (AvgIpc) is 2.39. The fraction of sp³-hybridized carbons (Fsp3) is 0. The predicted molar refractivity (Wildman–Crippen MR) is 71.3 cm³/mol. The molecule has 2 aromatic rings. The first-order chi connectivity index (χ1) is 8.25. The standard InChI is InChI=1S/C15H11ClO/c16-14-9-6-12(7-10-14)8-11-15(17)13-4-2-1-3-5-13/h1-11H. The van der Waals surface area contributed by atoms with Crippen molar-refractivity contribution in [3.8, 4) is 0 Å². The summed E-state index contributed by atoms with van der Waals surface area (Å²) in [4.78, 5) is 11.8. The van der Waals surface area contributed by atoms with Crippen LogP contribution in [0.2, 0.25) is 5.02 Å². The van der Waals surface area contributed by atoms with E-state index < -0.39 is 0 Å². The van der Waals surface area contributed by atoms with Crippen LogP contribution in [-0.2, 0) is 0 Å². The predicted octanol–water partition coefficient (Wildman–Crippen LogP) is 4.24. The van der Waals surface area contributed by atoms with Crippen molar-refractivity contribution in [3.63, 3.8) is 0 Å². The lowest BCUT2D eigenvalue weighted by Gasteiger charge is -1.95. The topological polar surface area (TPSA) is 17.1 Å². The van der Waals surface area contributed by atoms with E-state index in [2.05, 4.69) is 0 Å². The van der Waals surface area contributed by atoms with Crippen molar-refractivity contribution >= 4 is 23.5 Å². The lowest BCUT2D eigenvalue weighted by atomic mass is 10.1. The van der Waals surface area contributed by atoms with Gasteiger partial charge >= 0.3 is 0 Å². The highest BCUT2D eigenvalue weighted by molar-refractivity contribution is 6.30. The monoisotopic (exact) mass is 242 g/mol. The van der Waals surface area contributed by atoms with Gasteiger partial charge in [-0.2, -0.15) is 0 Å². The van der Waals surface area contributed by atoms with Gasteiger partial charge in [0.2, 0.25) is 0 Å². The SMILES string of the molecule is O=C(C=Cc1ccc(Cl)cc1)c1ccccc1. The molecule has 0 bridgehead atoms. The molecule has 0 N–H and O–H groups in total. The number of hydrogen-bond donors (Lipinski definition) is 0. The van der Waals surface area contributed by atoms with Gasteiger partial charge in [-0.15, -0.1) is 0 Å². The van der Waals surface area contributed by atoms with Crippen LogP contribution in [0.4, 0.5) is 0 Å². The number of benzene rings is 2. The number of hydrogen-bond acceptors (Lipinski definition) is 1. The minimum Gasteiger partial charge on any atom is -0.289 e. The molecule has 0 heterocycles. The average molecular weight is 243 g/mol. The summed E-state index contributed by atoms with van der Waals surface area (Å²) in [5.74, 6) is 0.000509. The van der Waals surface area contributed by atoms with Crippen LogP contribution in [0.25, 0.3) is 6.08 Å². The Labute approximate surface area is 105 Å². The Bertz CT molecular complexity index is 527. The zero-order valence-electron chi connectivity index (χ0n) is 9.14. The van der Waals surface area contributed by atoms with Gasteiger partial charge in [0.15, 0.2) is 5.78 Å². The van der Waals surface area contributed by atoms with Crippen LogP contribution in [0.5, 0.6) is 0 Å². The normalized spacial score (nSPS) is 10.6. The first-order valence-electron chi connectivity index (χ1n) is 5.29. The molecule has 0 unspecified atom stereocenters. The first-order valence-corrected chi connectivity index (χ1v) is 5.66. The molecule has 17 heavy (non-hydrogen) atoms. The Morgan fingerprint density at radius 3 is 2.24 bits per heavy atom. The maximum Gasteiger partial charge on any atom is 0.185 e. The highest BCUT2D eigenvalue weighted by Crippen LogP contribution is 2.11. The van der Waals surface area contributed by atoms with Gasteiger partial charge in [-0.3, -0.25) is 4.79 Å². The summed E-state index contributed by atoms with van der Waals surface area (Å²) in [6.07, 6.45) is 3.35. The van der Waals surface area contributed by atoms with Crippen LogP contribution in [0, 0.1) is 0 Å². The molecule has 0 saturated heterocycles. The van der Waals surface area contributed by atoms with Gasteiger partial charge in [0, 0.05) is 10.6 Å². The van der Waals surface area contributed by atoms with Gasteiger partial charge < -0.3 is 0 Å². The van der Waals surface area contributed by atoms with E-state index in [1.54, 1.807) is 36.4 Å². The molecule has 0 spiro atoms. The Morgan fingerprint density at radius 1 is 0.941 bits per heavy atom. The van der Waals surface area contributed by atoms with Crippen molar-refractivity contribution in [2.24, 2.45) is 0 Å². The molecule has 1 nitrogen and oxygen atoms in total. The Balaban J connectivity index is 2.11. The van der Waals surface area contributed by atoms with Gasteiger partial charge in [0.25, 0.3) is 0 Å². The summed E-state index contributed by atoms with van der Waals surface area (Å²) in [5, 5.41) is 0.691. The molecule has 0 saturated carbocycles. The van der Waals surface area contributed by atoms with Crippen molar-refractivity contribution in [1.29, 1.82) is 0 Å². The minimum absolute atomic E-state index is 0.000509. The number of halogens is 1. The third-order valence-corrected chi connectivity index (χ3v) is 2.61. The van der Waals surface area contributed by atoms with Crippen molar-refractivity contribution in [2.45, 2.75) is 0 Å². The van der Waals surface area contributed by atoms with Crippen molar-refractivity contribution in [1.82, 2.24) is 0 Å². The van der Waals surface area contributed by atoms with E-state index in [0.29, 0.717) is 10.6 Å². The molecule has 2 aromatic carbocycles. The van der Waals surface area contributed by atoms with E-state index >= 15 is 0 Å². The summed E-state index contributed by atoms with van der Waals surface area (Å²) >= 11 is 5.78. The fourth-order valence-electron chi connectivity index (χ4n) is 1.44. The second kappa shape index (κ2) is 5.46. The van der Waals surface area contributed by atoms with Gasteiger partial charge in [0.05, 0.1) is 0 Å². The number of carbonyl (C=O) groups excluding carboxylic acids is 1. The quantitative estimate of drug-likeness (QED) is 0.581. The Morgan fingerprint density at radius 2 is 1.59 bits per heavy atom. The largest absolute Gasteiger partial charge is 0.289 e. The van der Waals surface area contributed by atoms with Gasteiger partial charge in [0.1, 0.15) is 0 Å². The molecule has 84 valence electrons. The maximum atomic E-state index is 11.8. The van der Waals surface area contributed by atoms with Crippen molar-refractivity contribution in [2.75, 3.05) is 0 Å². The van der Waals surface area contributed by atoms with E-state index in [-0.39, 0.29) is 5.78 Å². The number of carbonyl (C=O) groups is 1. The van der Waals surface area contributed by atoms with E-state index in [0.717, 1.165) is 5.56 Å². The molecule has 0 fully saturated rings. The second-order valence-corrected chi connectivity index (χ2v) is 4.05. The molecule has 0 atom stereocenters. The Kier molecular flexibility index (Phi) is 3.73. The van der Waals surface area contributed by atoms with Gasteiger partial charge in [-0.1, -0.05) is 60.1 Å². The number of rotatable bonds is 3. The summed E-state index contributed by atoms with van der Waals surface area (Å²) in [6.45, 7) is 0. The van der Waals surface area contributed by atoms with Crippen molar-refractivity contribution < 1.29 is 4.79 Å². The molecule has 0 radical (unpaired) electrons. The van der Waals surface area contributed by atoms with Crippen LogP contribution in [-0.4, -0.2) is 5.78 Å². The molecule has 0 aliphatic carbocycles. The molecule has 0 aromatic heterocycles. The zero-order chi connectivity index (χ0) is 12.1. The lowest BCUT2D eigenvalue weighted by Crippen LogP contribution is -1.92. The second-order valence-electron chi connectivity index (χ2n) is 3.62. The molecule has 2 rings (SSSR count). The van der Waals surface area contributed by atoms with Crippen LogP contribution in [0.3, 0.4) is 0 Å². The van der Waals surface area contributed by atoms with Crippen LogP contribution in [0.15, 0.2) is 60.7 Å². The number of allylic oxidation sites excluding steroid dienone is 1. The molecular weight excluding hydrogens is 232 g/mol. The van der Waals surface area contributed by atoms with E-state index in [4.69, 9.17) is 11.6 Å². The van der Waals surface area contributed by atoms with Gasteiger partial charge in [-0.25, -0.2) is 0 Å². The molecule has 0 amide bonds. The highest BCUT2D eigenvalue weighted by atomic mass is 35.5. The molecule has 0 aliphatic rings. The number of ketones is 1. The van der Waals surface area contributed by atoms with Crippen LogP contribution >= 0.6 is 11.6 Å². The molecule has 2 heteroatoms. The van der Waals surface area contributed by atoms with E-state index in [9.17, 15) is 4.79 Å². The fourth-order valence-corrected chi connectivity index (χ4v) is 1.57. The summed E-state index contributed by atoms with van der Waals surface area (Å²) in [6, 6.07) is 16.5. The van der Waals surface area contributed by atoms with E-state index in [1.807, 2.05) is 30.3 Å². The smallest absolute Gasteiger partial charge is 0.185 e. The Hall–Kier alpha value is -1.86. The van der Waals surface area contributed by atoms with Crippen LogP contribution < -0.4 is 0 Å². The third-order valence-electron chi connectivity index (χ3n) is 2.36. The maximum absolute atomic E-state index is 11.8. The lowest BCUT2D eigenvalue weighted by molar-refractivity contribution is 0.104. The minimum atomic E-state index is 0.000509. The molecule has 0 aliphatic heterocycles. The zero-order valence-corrected chi connectivity index (χ0v) is 9.89. The van der Waals surface area contributed by atoms with Crippen molar-refractivity contribution in [3.05, 3.63) is 76.8 Å². The summed E-state index contributed by atoms with van der Waals surface area (Å²) in [5.41, 5.74) is 1.65. The summed E-state index contributed by atoms with van der Waals surface area (Å²) < 4.78 is 0. The molecular formula is C15H11ClO. The van der Waals surface area contributed by atoms with Gasteiger partial charge in [-0.05, 0) is 23.8 Å². The first kappa shape index (κ1) is 11.6. The van der Waals surface area contributed by atoms with Crippen LogP contribution in [0.1, 0.15) is 15.9 Å². The van der Waals surface area contributed by atoms with E-state index in [1.165, 1.54) is 0 Å². The summed E-state index contributed by atoms with van der Waals surface area (Å²) in [7, 11) is 0. The highest BCUT2D eigenvalue weighted by Gasteiger charge is 1.98.